The number of fused-ring (bicyclic) bond motifs is 33. The van der Waals surface area contributed by atoms with Crippen molar-refractivity contribution < 1.29 is 0 Å². The highest BCUT2D eigenvalue weighted by Crippen LogP contribution is 2.65. The van der Waals surface area contributed by atoms with E-state index in [1.165, 1.54) is 276 Å². The lowest BCUT2D eigenvalue weighted by Crippen LogP contribution is -2.02. The second-order valence-electron chi connectivity index (χ2n) is 31.4. The van der Waals surface area contributed by atoms with Crippen molar-refractivity contribution in [1.82, 2.24) is 0 Å². The molecule has 0 radical (unpaired) electrons. The molecule has 0 saturated carbocycles. The van der Waals surface area contributed by atoms with Crippen LogP contribution in [0.1, 0.15) is 0 Å². The molecule has 6 heteroatoms. The first-order valence-corrected chi connectivity index (χ1v) is 44.5. The molecule has 23 aromatic carbocycles. The SMILES string of the molecule is c1ccc2c3c(ccc2c1)Sc1ccc2c4c(c5ccccc5c-3c14)-c1c(ccc3ccccc13)S2.c1ccc2cc3c(cc2c1)Sc1ccc2c4c(c5ccccc5c-3c14)-c1cc3ccccc3cc1S2.c1ccc2cc3c4c(ccc3cc2c1)Sc1ccc2c3c(c5ccccc5c-4c13)-c1c(ccc3cc4ccccc4cc13)S2. The molecule has 6 heterocycles. The van der Waals surface area contributed by atoms with Gasteiger partial charge in [0.25, 0.3) is 0 Å². The third kappa shape index (κ3) is 9.28. The Balaban J connectivity index is 0.0000000938. The van der Waals surface area contributed by atoms with Crippen LogP contribution < -0.4 is 0 Å². The Bertz CT molecular complexity index is 8050. The molecule has 0 N–H and O–H groups in total. The van der Waals surface area contributed by atoms with Crippen molar-refractivity contribution >= 4 is 221 Å². The smallest absolute Gasteiger partial charge is 0.0208 e. The van der Waals surface area contributed by atoms with Crippen LogP contribution in [0, 0.1) is 0 Å². The molecule has 0 unspecified atom stereocenters. The molecule has 0 saturated heterocycles. The highest BCUT2D eigenvalue weighted by molar-refractivity contribution is 8.01. The van der Waals surface area contributed by atoms with E-state index < -0.39 is 0 Å². The number of rotatable bonds is 0. The predicted octanol–water partition coefficient (Wildman–Crippen LogP) is 34.0. The Labute approximate surface area is 692 Å². The van der Waals surface area contributed by atoms with Crippen molar-refractivity contribution in [2.75, 3.05) is 0 Å². The third-order valence-electron chi connectivity index (χ3n) is 25.3. The maximum absolute atomic E-state index is 2.42. The van der Waals surface area contributed by atoms with Crippen molar-refractivity contribution in [1.29, 1.82) is 0 Å². The van der Waals surface area contributed by atoms with Crippen molar-refractivity contribution in [2.24, 2.45) is 0 Å². The Morgan fingerprint density at radius 1 is 0.112 bits per heavy atom. The van der Waals surface area contributed by atoms with Crippen LogP contribution in [0.3, 0.4) is 0 Å². The molecular formula is C110H58S6. The molecule has 23 aromatic rings. The molecular weight excluding hydrogens is 1510 g/mol. The molecule has 0 aromatic heterocycles. The second-order valence-corrected chi connectivity index (χ2v) is 37.9. The molecule has 0 nitrogen and oxygen atoms in total. The van der Waals surface area contributed by atoms with Crippen molar-refractivity contribution in [3.63, 3.8) is 0 Å². The fourth-order valence-electron chi connectivity index (χ4n) is 20.4. The molecule has 6 aliphatic rings. The van der Waals surface area contributed by atoms with Gasteiger partial charge >= 0.3 is 0 Å². The lowest BCUT2D eigenvalue weighted by molar-refractivity contribution is 1.37. The van der Waals surface area contributed by atoms with Crippen LogP contribution in [-0.2, 0) is 0 Å². The number of hydrogen-bond acceptors (Lipinski definition) is 6. The van der Waals surface area contributed by atoms with Gasteiger partial charge in [-0.25, -0.2) is 0 Å². The highest BCUT2D eigenvalue weighted by Gasteiger charge is 2.36. The molecule has 0 bridgehead atoms. The number of benzene rings is 23. The summed E-state index contributed by atoms with van der Waals surface area (Å²) in [6.07, 6.45) is 0. The van der Waals surface area contributed by atoms with Gasteiger partial charge in [0.1, 0.15) is 0 Å². The standard InChI is InChI=1S/C42H22S2.2C34H18S2/c1-3-9-25-21-31-27(19-23(25)7-1)13-15-33-37(31)39-29-11-5-6-12-30(29)40-38-32-22-26-10-4-2-8-24(26)20-28(32)14-16-34(38)44-36-18-17-35(43-33)41(39)42(36)40;1-3-9-21-19(7-1)13-15-25-29(21)31-23-11-5-6-12-24(23)32-30-22-10-4-2-8-20(22)14-16-26(30)36-28-18-17-27(35-25)33(31)34(28)32;1-3-9-21-17-29-25(15-19(21)7-1)31-23-11-5-6-12-24(23)32-26-16-20-8-2-4-10-22(20)18-30(26)36-28-14-13-27(35-29)33(31)34(28)32/h1-22H;2*1-18H. The quantitative estimate of drug-likeness (QED) is 0.138. The normalized spacial score (nSPS) is 13.3. The van der Waals surface area contributed by atoms with Crippen LogP contribution in [0.25, 0.3) is 218 Å². The maximum atomic E-state index is 2.42. The fourth-order valence-corrected chi connectivity index (χ4v) is 27.2. The zero-order valence-electron chi connectivity index (χ0n) is 61.9. The molecule has 116 heavy (non-hydrogen) atoms. The van der Waals surface area contributed by atoms with Crippen LogP contribution in [0.2, 0.25) is 0 Å². The molecule has 0 aliphatic carbocycles. The molecule has 29 rings (SSSR count). The van der Waals surface area contributed by atoms with Crippen LogP contribution in [0.5, 0.6) is 0 Å². The minimum absolute atomic E-state index is 1.29. The minimum Gasteiger partial charge on any atom is -0.0887 e. The van der Waals surface area contributed by atoms with Crippen molar-refractivity contribution in [3.8, 4) is 66.8 Å². The van der Waals surface area contributed by atoms with Gasteiger partial charge < -0.3 is 0 Å². The van der Waals surface area contributed by atoms with E-state index in [2.05, 4.69) is 352 Å². The maximum Gasteiger partial charge on any atom is 0.0208 e. The first-order chi connectivity index (χ1) is 57.5. The van der Waals surface area contributed by atoms with E-state index in [0.717, 1.165) is 0 Å². The van der Waals surface area contributed by atoms with Crippen LogP contribution in [0.4, 0.5) is 0 Å². The van der Waals surface area contributed by atoms with E-state index in [1.807, 2.05) is 70.6 Å². The molecule has 0 spiro atoms. The summed E-state index contributed by atoms with van der Waals surface area (Å²) in [7, 11) is 0. The second kappa shape index (κ2) is 24.7. The highest BCUT2D eigenvalue weighted by atomic mass is 32.2. The van der Waals surface area contributed by atoms with E-state index in [1.54, 1.807) is 0 Å². The van der Waals surface area contributed by atoms with Gasteiger partial charge in [-0.3, -0.25) is 0 Å². The summed E-state index contributed by atoms with van der Waals surface area (Å²) in [5.74, 6) is 0. The lowest BCUT2D eigenvalue weighted by atomic mass is 9.82. The van der Waals surface area contributed by atoms with Gasteiger partial charge in [-0.05, 0) is 250 Å². The third-order valence-corrected chi connectivity index (χ3v) is 32.0. The van der Waals surface area contributed by atoms with Crippen molar-refractivity contribution in [3.05, 3.63) is 352 Å². The monoisotopic (exact) mass is 1570 g/mol. The molecule has 0 fully saturated rings. The van der Waals surface area contributed by atoms with E-state index in [-0.39, 0.29) is 0 Å². The topological polar surface area (TPSA) is 0 Å². The van der Waals surface area contributed by atoms with E-state index >= 15 is 0 Å². The van der Waals surface area contributed by atoms with Crippen LogP contribution in [0.15, 0.2) is 411 Å². The average molecular weight is 1570 g/mol. The van der Waals surface area contributed by atoms with Gasteiger partial charge in [0, 0.05) is 136 Å². The summed E-state index contributed by atoms with van der Waals surface area (Å²) in [6.45, 7) is 0. The lowest BCUT2D eigenvalue weighted by Gasteiger charge is -2.30. The zero-order chi connectivity index (χ0) is 75.3. The fraction of sp³-hybridized carbons (Fsp3) is 0. The summed E-state index contributed by atoms with van der Waals surface area (Å²) in [4.78, 5) is 16.3. The molecule has 6 aliphatic heterocycles. The average Bonchev–Trinajstić information content (AvgIpc) is 0.699. The first-order valence-electron chi connectivity index (χ1n) is 39.6. The summed E-state index contributed by atoms with van der Waals surface area (Å²) < 4.78 is 0. The first kappa shape index (κ1) is 65.1. The van der Waals surface area contributed by atoms with Gasteiger partial charge in [0.05, 0.1) is 0 Å². The number of hydrogen-bond donors (Lipinski definition) is 0. The Morgan fingerprint density at radius 3 is 0.629 bits per heavy atom. The zero-order valence-corrected chi connectivity index (χ0v) is 66.8. The summed E-state index contributed by atoms with van der Waals surface area (Å²) in [5.41, 5.74) is 16.6. The van der Waals surface area contributed by atoms with Crippen molar-refractivity contribution in [2.45, 2.75) is 58.7 Å². The molecule has 534 valence electrons. The predicted molar refractivity (Wildman–Crippen MR) is 502 cm³/mol. The van der Waals surface area contributed by atoms with Crippen LogP contribution in [-0.4, -0.2) is 0 Å². The molecule has 0 amide bonds. The van der Waals surface area contributed by atoms with E-state index in [9.17, 15) is 0 Å². The van der Waals surface area contributed by atoms with E-state index in [0.29, 0.717) is 0 Å². The summed E-state index contributed by atoms with van der Waals surface area (Å²) >= 11 is 11.6. The largest absolute Gasteiger partial charge is 0.0887 e. The summed E-state index contributed by atoms with van der Waals surface area (Å²) in [6, 6.07) is 132. The Hall–Kier alpha value is -12.2. The minimum atomic E-state index is 1.29. The Morgan fingerprint density at radius 2 is 0.319 bits per heavy atom. The van der Waals surface area contributed by atoms with Gasteiger partial charge in [-0.2, -0.15) is 0 Å². The Kier molecular flexibility index (Phi) is 13.8. The molecule has 0 atom stereocenters. The van der Waals surface area contributed by atoms with E-state index in [4.69, 9.17) is 0 Å². The summed E-state index contributed by atoms with van der Waals surface area (Å²) in [5, 5.41) is 37.5. The van der Waals surface area contributed by atoms with Gasteiger partial charge in [-0.15, -0.1) is 0 Å². The van der Waals surface area contributed by atoms with Gasteiger partial charge in [0.2, 0.25) is 0 Å². The van der Waals surface area contributed by atoms with Gasteiger partial charge in [-0.1, -0.05) is 313 Å². The van der Waals surface area contributed by atoms with Gasteiger partial charge in [0.15, 0.2) is 0 Å². The van der Waals surface area contributed by atoms with Crippen LogP contribution >= 0.6 is 70.6 Å².